The predicted molar refractivity (Wildman–Crippen MR) is 121 cm³/mol. The fraction of sp³-hybridized carbons (Fsp3) is 0.182. The minimum absolute atomic E-state index is 0.482. The van der Waals surface area contributed by atoms with Gasteiger partial charge in [-0.25, -0.2) is 0 Å². The van der Waals surface area contributed by atoms with Crippen LogP contribution >= 0.6 is 43.5 Å². The summed E-state index contributed by atoms with van der Waals surface area (Å²) in [6.07, 6.45) is 1.01. The summed E-state index contributed by atoms with van der Waals surface area (Å²) in [5, 5.41) is 4.25. The lowest BCUT2D eigenvalue weighted by Crippen LogP contribution is -2.03. The molecule has 3 aromatic rings. The van der Waals surface area contributed by atoms with E-state index in [4.69, 9.17) is 16.3 Å². The van der Waals surface area contributed by atoms with E-state index < -0.39 is 0 Å². The van der Waals surface area contributed by atoms with Crippen LogP contribution in [0, 0.1) is 0 Å². The molecule has 0 amide bonds. The lowest BCUT2D eigenvalue weighted by Gasteiger charge is -2.14. The normalized spacial score (nSPS) is 10.7. The number of para-hydroxylation sites is 1. The number of halogens is 3. The number of benzene rings is 3. The van der Waals surface area contributed by atoms with E-state index in [-0.39, 0.29) is 0 Å². The summed E-state index contributed by atoms with van der Waals surface area (Å²) in [7, 11) is 0. The molecule has 3 aromatic carbocycles. The van der Waals surface area contributed by atoms with Gasteiger partial charge in [-0.15, -0.1) is 0 Å². The highest BCUT2D eigenvalue weighted by atomic mass is 79.9. The summed E-state index contributed by atoms with van der Waals surface area (Å²) in [6, 6.07) is 20.2. The Hall–Kier alpha value is -1.49. The Morgan fingerprint density at radius 1 is 0.926 bits per heavy atom. The van der Waals surface area contributed by atoms with Gasteiger partial charge in [-0.1, -0.05) is 48.9 Å². The molecule has 0 spiro atoms. The summed E-state index contributed by atoms with van der Waals surface area (Å²) in [6.45, 7) is 3.39. The SMILES string of the molecule is CCc1ccccc1NCc1cc(Br)c(OCc2ccc(Cl)cc2)c(Br)c1. The molecular weight excluding hydrogens is 490 g/mol. The van der Waals surface area contributed by atoms with Gasteiger partial charge in [0, 0.05) is 17.3 Å². The maximum absolute atomic E-state index is 5.99. The molecule has 0 aliphatic carbocycles. The number of anilines is 1. The molecule has 0 atom stereocenters. The van der Waals surface area contributed by atoms with Gasteiger partial charge >= 0.3 is 0 Å². The Kier molecular flexibility index (Phi) is 7.22. The molecule has 0 aliphatic rings. The Morgan fingerprint density at radius 2 is 1.59 bits per heavy atom. The van der Waals surface area contributed by atoms with E-state index in [1.807, 2.05) is 24.3 Å². The predicted octanol–water partition coefficient (Wildman–Crippen LogP) is 7.62. The molecule has 0 bridgehead atoms. The van der Waals surface area contributed by atoms with Gasteiger partial charge in [0.25, 0.3) is 0 Å². The van der Waals surface area contributed by atoms with Gasteiger partial charge in [-0.2, -0.15) is 0 Å². The Bertz CT molecular complexity index is 889. The molecule has 5 heteroatoms. The van der Waals surface area contributed by atoms with Crippen molar-refractivity contribution in [3.05, 3.63) is 91.3 Å². The molecule has 3 rings (SSSR count). The first-order chi connectivity index (χ1) is 13.1. The van der Waals surface area contributed by atoms with E-state index >= 15 is 0 Å². The van der Waals surface area contributed by atoms with Crippen LogP contribution in [0.1, 0.15) is 23.6 Å². The Morgan fingerprint density at radius 3 is 2.26 bits per heavy atom. The van der Waals surface area contributed by atoms with Crippen LogP contribution in [0.3, 0.4) is 0 Å². The van der Waals surface area contributed by atoms with Crippen molar-refractivity contribution >= 4 is 49.1 Å². The van der Waals surface area contributed by atoms with Gasteiger partial charge in [0.1, 0.15) is 12.4 Å². The van der Waals surface area contributed by atoms with Crippen LogP contribution < -0.4 is 10.1 Å². The second kappa shape index (κ2) is 9.63. The molecule has 0 saturated heterocycles. The minimum Gasteiger partial charge on any atom is -0.487 e. The lowest BCUT2D eigenvalue weighted by atomic mass is 10.1. The third kappa shape index (κ3) is 5.50. The average molecular weight is 510 g/mol. The topological polar surface area (TPSA) is 21.3 Å². The number of hydrogen-bond acceptors (Lipinski definition) is 2. The molecule has 0 radical (unpaired) electrons. The van der Waals surface area contributed by atoms with Crippen molar-refractivity contribution in [3.63, 3.8) is 0 Å². The van der Waals surface area contributed by atoms with Crippen molar-refractivity contribution in [1.82, 2.24) is 0 Å². The van der Waals surface area contributed by atoms with Crippen LogP contribution in [0.4, 0.5) is 5.69 Å². The zero-order valence-corrected chi connectivity index (χ0v) is 18.9. The van der Waals surface area contributed by atoms with Crippen molar-refractivity contribution in [2.45, 2.75) is 26.5 Å². The zero-order valence-electron chi connectivity index (χ0n) is 14.9. The second-order valence-electron chi connectivity index (χ2n) is 6.17. The van der Waals surface area contributed by atoms with Crippen molar-refractivity contribution in [1.29, 1.82) is 0 Å². The first-order valence-electron chi connectivity index (χ1n) is 8.73. The zero-order chi connectivity index (χ0) is 19.2. The van der Waals surface area contributed by atoms with Gasteiger partial charge in [0.2, 0.25) is 0 Å². The van der Waals surface area contributed by atoms with Gasteiger partial charge in [0.15, 0.2) is 0 Å². The number of nitrogens with one attached hydrogen (secondary N) is 1. The van der Waals surface area contributed by atoms with Crippen LogP contribution in [0.15, 0.2) is 69.6 Å². The Balaban J connectivity index is 1.68. The minimum atomic E-state index is 0.482. The van der Waals surface area contributed by atoms with E-state index in [9.17, 15) is 0 Å². The molecule has 0 unspecified atom stereocenters. The molecule has 0 saturated carbocycles. The monoisotopic (exact) mass is 507 g/mol. The summed E-state index contributed by atoms with van der Waals surface area (Å²) < 4.78 is 7.84. The molecule has 27 heavy (non-hydrogen) atoms. The lowest BCUT2D eigenvalue weighted by molar-refractivity contribution is 0.302. The van der Waals surface area contributed by atoms with E-state index in [1.165, 1.54) is 16.8 Å². The number of ether oxygens (including phenoxy) is 1. The summed E-state index contributed by atoms with van der Waals surface area (Å²) in [4.78, 5) is 0. The summed E-state index contributed by atoms with van der Waals surface area (Å²) in [5.74, 6) is 0.794. The largest absolute Gasteiger partial charge is 0.487 e. The standard InChI is InChI=1S/C22H20Br2ClNO/c1-2-17-5-3-4-6-21(17)26-13-16-11-19(23)22(20(24)12-16)27-14-15-7-9-18(25)10-8-15/h3-12,26H,2,13-14H2,1H3. The van der Waals surface area contributed by atoms with E-state index in [0.717, 1.165) is 38.2 Å². The van der Waals surface area contributed by atoms with Gasteiger partial charge in [0.05, 0.1) is 8.95 Å². The van der Waals surface area contributed by atoms with Gasteiger partial charge < -0.3 is 10.1 Å². The maximum Gasteiger partial charge on any atom is 0.148 e. The van der Waals surface area contributed by atoms with Crippen LogP contribution in [0.25, 0.3) is 0 Å². The fourth-order valence-corrected chi connectivity index (χ4v) is 4.42. The average Bonchev–Trinajstić information content (AvgIpc) is 2.67. The molecule has 2 nitrogen and oxygen atoms in total. The third-order valence-corrected chi connectivity index (χ3v) is 5.67. The molecule has 0 fully saturated rings. The quantitative estimate of drug-likeness (QED) is 0.354. The van der Waals surface area contributed by atoms with Crippen molar-refractivity contribution < 1.29 is 4.74 Å². The van der Waals surface area contributed by atoms with Gasteiger partial charge in [-0.05, 0) is 85.3 Å². The highest BCUT2D eigenvalue weighted by molar-refractivity contribution is 9.11. The molecule has 0 heterocycles. The summed E-state index contributed by atoms with van der Waals surface area (Å²) >= 11 is 13.2. The van der Waals surface area contributed by atoms with Gasteiger partial charge in [-0.3, -0.25) is 0 Å². The molecular formula is C22H20Br2ClNO. The van der Waals surface area contributed by atoms with Crippen LogP contribution in [-0.2, 0) is 19.6 Å². The molecule has 1 N–H and O–H groups in total. The molecule has 140 valence electrons. The first-order valence-corrected chi connectivity index (χ1v) is 10.7. The smallest absolute Gasteiger partial charge is 0.148 e. The molecule has 0 aromatic heterocycles. The molecule has 0 aliphatic heterocycles. The van der Waals surface area contributed by atoms with Crippen LogP contribution in [-0.4, -0.2) is 0 Å². The fourth-order valence-electron chi connectivity index (χ4n) is 2.79. The van der Waals surface area contributed by atoms with E-state index in [1.54, 1.807) is 0 Å². The number of aryl methyl sites for hydroxylation is 1. The van der Waals surface area contributed by atoms with Crippen molar-refractivity contribution in [2.24, 2.45) is 0 Å². The van der Waals surface area contributed by atoms with Crippen molar-refractivity contribution in [2.75, 3.05) is 5.32 Å². The first kappa shape index (κ1) is 20.2. The van der Waals surface area contributed by atoms with E-state index in [2.05, 4.69) is 80.5 Å². The number of rotatable bonds is 7. The highest BCUT2D eigenvalue weighted by Gasteiger charge is 2.10. The third-order valence-electron chi connectivity index (χ3n) is 4.24. The Labute approximate surface area is 182 Å². The van der Waals surface area contributed by atoms with Crippen molar-refractivity contribution in [3.8, 4) is 5.75 Å². The second-order valence-corrected chi connectivity index (χ2v) is 8.31. The summed E-state index contributed by atoms with van der Waals surface area (Å²) in [5.41, 5.74) is 4.73. The maximum atomic E-state index is 5.99. The van der Waals surface area contributed by atoms with Crippen LogP contribution in [0.2, 0.25) is 5.02 Å². The van der Waals surface area contributed by atoms with E-state index in [0.29, 0.717) is 6.61 Å². The van der Waals surface area contributed by atoms with Crippen LogP contribution in [0.5, 0.6) is 5.75 Å². The highest BCUT2D eigenvalue weighted by Crippen LogP contribution is 2.35. The number of hydrogen-bond donors (Lipinski definition) is 1.